The monoisotopic (exact) mass is 286 g/mol. The molecule has 0 spiro atoms. The predicted octanol–water partition coefficient (Wildman–Crippen LogP) is 4.98. The molecular formula is C19H30N2. The fraction of sp³-hybridized carbons (Fsp3) is 0.579. The van der Waals surface area contributed by atoms with E-state index in [0.717, 1.165) is 6.54 Å². The summed E-state index contributed by atoms with van der Waals surface area (Å²) in [5, 5.41) is 0. The molecule has 0 aliphatic carbocycles. The minimum absolute atomic E-state index is 0.538. The summed E-state index contributed by atoms with van der Waals surface area (Å²) >= 11 is 0. The average Bonchev–Trinajstić information content (AvgIpc) is 2.90. The van der Waals surface area contributed by atoms with Gasteiger partial charge in [0, 0.05) is 25.5 Å². The molecular weight excluding hydrogens is 256 g/mol. The summed E-state index contributed by atoms with van der Waals surface area (Å²) in [6, 6.07) is 10.8. The van der Waals surface area contributed by atoms with E-state index in [1.165, 1.54) is 50.6 Å². The van der Waals surface area contributed by atoms with Crippen molar-refractivity contribution < 1.29 is 0 Å². The second kappa shape index (κ2) is 8.76. The van der Waals surface area contributed by atoms with Gasteiger partial charge in [-0.15, -0.1) is 0 Å². The van der Waals surface area contributed by atoms with Crippen LogP contribution in [0.25, 0.3) is 0 Å². The van der Waals surface area contributed by atoms with Crippen molar-refractivity contribution in [3.8, 4) is 0 Å². The summed E-state index contributed by atoms with van der Waals surface area (Å²) in [5.41, 5.74) is 1.39. The standard InChI is InChI=1S/C19H30N2/c1-3-5-6-7-11-14-20-15-16-21(19(20)4-2)17-18-12-9-8-10-13-18/h8-10,12-13,15-16,19H,3-7,11,14,17H2,1-2H3. The molecule has 2 heteroatoms. The summed E-state index contributed by atoms with van der Waals surface area (Å²) in [4.78, 5) is 5.00. The fourth-order valence-electron chi connectivity index (χ4n) is 3.10. The van der Waals surface area contributed by atoms with Gasteiger partial charge in [-0.3, -0.25) is 0 Å². The van der Waals surface area contributed by atoms with Crippen molar-refractivity contribution in [2.24, 2.45) is 0 Å². The molecule has 1 atom stereocenters. The molecule has 21 heavy (non-hydrogen) atoms. The van der Waals surface area contributed by atoms with E-state index in [9.17, 15) is 0 Å². The Morgan fingerprint density at radius 2 is 1.57 bits per heavy atom. The lowest BCUT2D eigenvalue weighted by Crippen LogP contribution is -2.38. The number of benzene rings is 1. The van der Waals surface area contributed by atoms with Gasteiger partial charge in [-0.1, -0.05) is 69.9 Å². The molecule has 1 aromatic rings. The third kappa shape index (κ3) is 4.80. The Kier molecular flexibility index (Phi) is 6.65. The molecule has 1 aliphatic heterocycles. The predicted molar refractivity (Wildman–Crippen MR) is 90.7 cm³/mol. The molecule has 1 aromatic carbocycles. The van der Waals surface area contributed by atoms with Crippen LogP contribution in [0.15, 0.2) is 42.7 Å². The van der Waals surface area contributed by atoms with Crippen molar-refractivity contribution in [3.05, 3.63) is 48.3 Å². The van der Waals surface area contributed by atoms with Gasteiger partial charge >= 0.3 is 0 Å². The van der Waals surface area contributed by atoms with Crippen LogP contribution in [-0.4, -0.2) is 22.5 Å². The number of unbranched alkanes of at least 4 members (excludes halogenated alkanes) is 4. The molecule has 0 saturated carbocycles. The average molecular weight is 286 g/mol. The molecule has 1 unspecified atom stereocenters. The zero-order chi connectivity index (χ0) is 14.9. The van der Waals surface area contributed by atoms with Gasteiger partial charge in [0.1, 0.15) is 6.17 Å². The van der Waals surface area contributed by atoms with Gasteiger partial charge in [-0.05, 0) is 18.4 Å². The first-order valence-electron chi connectivity index (χ1n) is 8.59. The summed E-state index contributed by atoms with van der Waals surface area (Å²) in [6.07, 6.45) is 13.1. The van der Waals surface area contributed by atoms with Crippen LogP contribution in [0.1, 0.15) is 57.9 Å². The van der Waals surface area contributed by atoms with Crippen LogP contribution >= 0.6 is 0 Å². The van der Waals surface area contributed by atoms with Gasteiger partial charge in [0.05, 0.1) is 0 Å². The molecule has 0 radical (unpaired) electrons. The van der Waals surface area contributed by atoms with Crippen LogP contribution in [-0.2, 0) is 6.54 Å². The van der Waals surface area contributed by atoms with Crippen molar-refractivity contribution in [1.29, 1.82) is 0 Å². The van der Waals surface area contributed by atoms with E-state index in [1.54, 1.807) is 0 Å². The molecule has 2 rings (SSSR count). The molecule has 0 N–H and O–H groups in total. The summed E-state index contributed by atoms with van der Waals surface area (Å²) in [5.74, 6) is 0. The summed E-state index contributed by atoms with van der Waals surface area (Å²) < 4.78 is 0. The van der Waals surface area contributed by atoms with Crippen molar-refractivity contribution in [2.45, 2.75) is 65.1 Å². The third-order valence-electron chi connectivity index (χ3n) is 4.31. The molecule has 0 fully saturated rings. The van der Waals surface area contributed by atoms with E-state index in [1.807, 2.05) is 0 Å². The smallest absolute Gasteiger partial charge is 0.101 e. The molecule has 0 bridgehead atoms. The van der Waals surface area contributed by atoms with Gasteiger partial charge in [0.15, 0.2) is 0 Å². The topological polar surface area (TPSA) is 6.48 Å². The van der Waals surface area contributed by atoms with E-state index >= 15 is 0 Å². The zero-order valence-electron chi connectivity index (χ0n) is 13.7. The molecule has 2 nitrogen and oxygen atoms in total. The van der Waals surface area contributed by atoms with Gasteiger partial charge in [0.2, 0.25) is 0 Å². The van der Waals surface area contributed by atoms with Gasteiger partial charge < -0.3 is 9.80 Å². The first kappa shape index (κ1) is 15.9. The highest BCUT2D eigenvalue weighted by Crippen LogP contribution is 2.22. The molecule has 116 valence electrons. The van der Waals surface area contributed by atoms with Crippen molar-refractivity contribution in [3.63, 3.8) is 0 Å². The second-order valence-corrected chi connectivity index (χ2v) is 6.00. The van der Waals surface area contributed by atoms with E-state index in [0.29, 0.717) is 6.17 Å². The second-order valence-electron chi connectivity index (χ2n) is 6.00. The Balaban J connectivity index is 1.79. The van der Waals surface area contributed by atoms with Crippen LogP contribution in [0.5, 0.6) is 0 Å². The lowest BCUT2D eigenvalue weighted by atomic mass is 10.1. The Morgan fingerprint density at radius 3 is 2.29 bits per heavy atom. The number of rotatable bonds is 9. The first-order chi connectivity index (χ1) is 10.3. The summed E-state index contributed by atoms with van der Waals surface area (Å²) in [7, 11) is 0. The van der Waals surface area contributed by atoms with Crippen LogP contribution in [0.3, 0.4) is 0 Å². The number of hydrogen-bond donors (Lipinski definition) is 0. The normalized spacial score (nSPS) is 17.7. The van der Waals surface area contributed by atoms with Gasteiger partial charge in [-0.2, -0.15) is 0 Å². The third-order valence-corrected chi connectivity index (χ3v) is 4.31. The lowest BCUT2D eigenvalue weighted by molar-refractivity contribution is 0.140. The Labute approximate surface area is 130 Å². The van der Waals surface area contributed by atoms with E-state index in [4.69, 9.17) is 0 Å². The van der Waals surface area contributed by atoms with Crippen LogP contribution < -0.4 is 0 Å². The minimum atomic E-state index is 0.538. The maximum absolute atomic E-state index is 2.52. The van der Waals surface area contributed by atoms with E-state index < -0.39 is 0 Å². The van der Waals surface area contributed by atoms with Crippen molar-refractivity contribution >= 4 is 0 Å². The maximum Gasteiger partial charge on any atom is 0.101 e. The summed E-state index contributed by atoms with van der Waals surface area (Å²) in [6.45, 7) is 6.78. The largest absolute Gasteiger partial charge is 0.356 e. The SMILES string of the molecule is CCCCCCCN1C=CN(Cc2ccccc2)C1CC. The molecule has 0 aromatic heterocycles. The van der Waals surface area contributed by atoms with Crippen molar-refractivity contribution in [1.82, 2.24) is 9.80 Å². The maximum atomic E-state index is 2.52. The number of hydrogen-bond acceptors (Lipinski definition) is 2. The number of nitrogens with zero attached hydrogens (tertiary/aromatic N) is 2. The minimum Gasteiger partial charge on any atom is -0.356 e. The Hall–Kier alpha value is -1.44. The Morgan fingerprint density at radius 1 is 0.857 bits per heavy atom. The van der Waals surface area contributed by atoms with Gasteiger partial charge in [0.25, 0.3) is 0 Å². The highest BCUT2D eigenvalue weighted by atomic mass is 15.4. The Bertz CT molecular complexity index is 413. The molecule has 0 amide bonds. The molecule has 0 saturated heterocycles. The highest BCUT2D eigenvalue weighted by Gasteiger charge is 2.23. The van der Waals surface area contributed by atoms with Crippen LogP contribution in [0.4, 0.5) is 0 Å². The van der Waals surface area contributed by atoms with Crippen LogP contribution in [0.2, 0.25) is 0 Å². The van der Waals surface area contributed by atoms with E-state index in [2.05, 4.69) is 66.4 Å². The zero-order valence-corrected chi connectivity index (χ0v) is 13.7. The molecule has 1 heterocycles. The van der Waals surface area contributed by atoms with E-state index in [-0.39, 0.29) is 0 Å². The molecule has 1 aliphatic rings. The van der Waals surface area contributed by atoms with Crippen molar-refractivity contribution in [2.75, 3.05) is 6.54 Å². The van der Waals surface area contributed by atoms with Gasteiger partial charge in [-0.25, -0.2) is 0 Å². The fourth-order valence-corrected chi connectivity index (χ4v) is 3.10. The quantitative estimate of drug-likeness (QED) is 0.591. The highest BCUT2D eigenvalue weighted by molar-refractivity contribution is 5.15. The lowest BCUT2D eigenvalue weighted by Gasteiger charge is -2.32. The van der Waals surface area contributed by atoms with Crippen LogP contribution in [0, 0.1) is 0 Å². The first-order valence-corrected chi connectivity index (χ1v) is 8.59.